The Labute approximate surface area is 135 Å². The van der Waals surface area contributed by atoms with E-state index in [1.54, 1.807) is 4.90 Å². The van der Waals surface area contributed by atoms with Gasteiger partial charge in [-0.1, -0.05) is 12.5 Å². The highest BCUT2D eigenvalue weighted by Gasteiger charge is 2.30. The molecule has 1 saturated carbocycles. The first-order valence-electron chi connectivity index (χ1n) is 7.37. The standard InChI is InChI=1S/C15H20N4O2.ClH/c16-13-6-2-5-12(13)14(20)18-10-3-1-4-11(9-10)19-8-7-17-15(19)21;/h1,3-4,9,12-13H,2,5-8,16H2,(H,17,21)(H,18,20);1H. The number of nitrogens with two attached hydrogens (primary N) is 1. The molecule has 3 rings (SSSR count). The number of anilines is 2. The van der Waals surface area contributed by atoms with Crippen LogP contribution in [0, 0.1) is 5.92 Å². The van der Waals surface area contributed by atoms with Gasteiger partial charge in [0.2, 0.25) is 5.91 Å². The van der Waals surface area contributed by atoms with Crippen molar-refractivity contribution in [1.82, 2.24) is 5.32 Å². The molecule has 3 amide bonds. The second-order valence-electron chi connectivity index (χ2n) is 5.62. The Bertz CT molecular complexity index is 566. The van der Waals surface area contributed by atoms with Crippen molar-refractivity contribution in [2.24, 2.45) is 11.7 Å². The van der Waals surface area contributed by atoms with E-state index in [2.05, 4.69) is 10.6 Å². The predicted octanol–water partition coefficient (Wildman–Crippen LogP) is 1.70. The molecule has 2 aliphatic rings. The summed E-state index contributed by atoms with van der Waals surface area (Å²) in [5.74, 6) is -0.133. The fourth-order valence-corrected chi connectivity index (χ4v) is 3.02. The van der Waals surface area contributed by atoms with Gasteiger partial charge in [0.05, 0.1) is 5.92 Å². The van der Waals surface area contributed by atoms with Gasteiger partial charge in [-0.25, -0.2) is 4.79 Å². The minimum atomic E-state index is -0.108. The summed E-state index contributed by atoms with van der Waals surface area (Å²) in [6.45, 7) is 1.29. The lowest BCUT2D eigenvalue weighted by atomic mass is 10.0. The van der Waals surface area contributed by atoms with Crippen LogP contribution in [-0.4, -0.2) is 31.1 Å². The van der Waals surface area contributed by atoms with Gasteiger partial charge in [-0.15, -0.1) is 12.4 Å². The van der Waals surface area contributed by atoms with Crippen LogP contribution < -0.4 is 21.3 Å². The summed E-state index contributed by atoms with van der Waals surface area (Å²) in [7, 11) is 0. The van der Waals surface area contributed by atoms with Gasteiger partial charge in [0, 0.05) is 30.5 Å². The van der Waals surface area contributed by atoms with Crippen molar-refractivity contribution in [2.45, 2.75) is 25.3 Å². The highest BCUT2D eigenvalue weighted by Crippen LogP contribution is 2.26. The van der Waals surface area contributed by atoms with Crippen molar-refractivity contribution in [1.29, 1.82) is 0 Å². The summed E-state index contributed by atoms with van der Waals surface area (Å²) < 4.78 is 0. The second kappa shape index (κ2) is 6.98. The molecule has 1 aromatic carbocycles. The van der Waals surface area contributed by atoms with Crippen LogP contribution in [0.1, 0.15) is 19.3 Å². The maximum absolute atomic E-state index is 12.2. The summed E-state index contributed by atoms with van der Waals surface area (Å²) in [5, 5.41) is 5.68. The zero-order valence-corrected chi connectivity index (χ0v) is 13.1. The average molecular weight is 325 g/mol. The number of rotatable bonds is 3. The molecule has 22 heavy (non-hydrogen) atoms. The molecule has 1 aliphatic carbocycles. The van der Waals surface area contributed by atoms with E-state index in [-0.39, 0.29) is 36.3 Å². The average Bonchev–Trinajstić information content (AvgIpc) is 3.07. The fraction of sp³-hybridized carbons (Fsp3) is 0.467. The van der Waals surface area contributed by atoms with Crippen molar-refractivity contribution in [3.05, 3.63) is 24.3 Å². The van der Waals surface area contributed by atoms with Crippen LogP contribution in [0.15, 0.2) is 24.3 Å². The lowest BCUT2D eigenvalue weighted by Crippen LogP contribution is -2.34. The van der Waals surface area contributed by atoms with Crippen LogP contribution in [0.2, 0.25) is 0 Å². The molecule has 0 spiro atoms. The molecule has 2 fully saturated rings. The SMILES string of the molecule is Cl.NC1CCCC1C(=O)Nc1cccc(N2CCNC2=O)c1. The summed E-state index contributed by atoms with van der Waals surface area (Å²) in [4.78, 5) is 25.6. The first-order chi connectivity index (χ1) is 10.1. The maximum atomic E-state index is 12.2. The second-order valence-corrected chi connectivity index (χ2v) is 5.62. The van der Waals surface area contributed by atoms with Crippen LogP contribution in [0.25, 0.3) is 0 Å². The Morgan fingerprint density at radius 1 is 1.36 bits per heavy atom. The van der Waals surface area contributed by atoms with E-state index in [1.807, 2.05) is 24.3 Å². The molecule has 6 nitrogen and oxygen atoms in total. The van der Waals surface area contributed by atoms with Crippen molar-refractivity contribution in [3.63, 3.8) is 0 Å². The first kappa shape index (κ1) is 16.6. The third-order valence-electron chi connectivity index (χ3n) is 4.19. The predicted molar refractivity (Wildman–Crippen MR) is 88.4 cm³/mol. The Balaban J connectivity index is 0.00000176. The number of halogens is 1. The van der Waals surface area contributed by atoms with E-state index in [0.717, 1.165) is 24.9 Å². The summed E-state index contributed by atoms with van der Waals surface area (Å²) in [6, 6.07) is 7.21. The van der Waals surface area contributed by atoms with Crippen LogP contribution in [0.4, 0.5) is 16.2 Å². The van der Waals surface area contributed by atoms with Gasteiger partial charge >= 0.3 is 6.03 Å². The Morgan fingerprint density at radius 2 is 2.18 bits per heavy atom. The topological polar surface area (TPSA) is 87.5 Å². The van der Waals surface area contributed by atoms with Gasteiger partial charge < -0.3 is 16.4 Å². The molecule has 4 N–H and O–H groups in total. The number of carbonyl (C=O) groups is 2. The lowest BCUT2D eigenvalue weighted by Gasteiger charge is -2.18. The quantitative estimate of drug-likeness (QED) is 0.791. The molecule has 1 saturated heterocycles. The molecular weight excluding hydrogens is 304 g/mol. The number of hydrogen-bond donors (Lipinski definition) is 3. The molecular formula is C15H21ClN4O2. The number of benzene rings is 1. The van der Waals surface area contributed by atoms with Gasteiger partial charge in [0.1, 0.15) is 0 Å². The number of nitrogens with zero attached hydrogens (tertiary/aromatic N) is 1. The van der Waals surface area contributed by atoms with Crippen LogP contribution in [-0.2, 0) is 4.79 Å². The van der Waals surface area contributed by atoms with E-state index >= 15 is 0 Å². The molecule has 0 aromatic heterocycles. The normalized spacial score (nSPS) is 23.9. The van der Waals surface area contributed by atoms with Crippen molar-refractivity contribution >= 4 is 35.7 Å². The summed E-state index contributed by atoms with van der Waals surface area (Å²) in [6.07, 6.45) is 2.76. The minimum absolute atomic E-state index is 0. The molecule has 1 aromatic rings. The van der Waals surface area contributed by atoms with Crippen molar-refractivity contribution < 1.29 is 9.59 Å². The first-order valence-corrected chi connectivity index (χ1v) is 7.37. The van der Waals surface area contributed by atoms with E-state index in [0.29, 0.717) is 18.8 Å². The van der Waals surface area contributed by atoms with Gasteiger partial charge in [-0.2, -0.15) is 0 Å². The van der Waals surface area contributed by atoms with Gasteiger partial charge in [0.25, 0.3) is 0 Å². The third kappa shape index (κ3) is 3.34. The van der Waals surface area contributed by atoms with Crippen molar-refractivity contribution in [3.8, 4) is 0 Å². The van der Waals surface area contributed by atoms with E-state index in [9.17, 15) is 9.59 Å². The van der Waals surface area contributed by atoms with E-state index < -0.39 is 0 Å². The Hall–Kier alpha value is -1.79. The van der Waals surface area contributed by atoms with Crippen LogP contribution in [0.5, 0.6) is 0 Å². The minimum Gasteiger partial charge on any atom is -0.336 e. The largest absolute Gasteiger partial charge is 0.336 e. The van der Waals surface area contributed by atoms with E-state index in [4.69, 9.17) is 5.73 Å². The summed E-state index contributed by atoms with van der Waals surface area (Å²) in [5.41, 5.74) is 7.45. The number of urea groups is 1. The van der Waals surface area contributed by atoms with E-state index in [1.165, 1.54) is 0 Å². The molecule has 7 heteroatoms. The fourth-order valence-electron chi connectivity index (χ4n) is 3.02. The smallest absolute Gasteiger partial charge is 0.321 e. The molecule has 1 heterocycles. The summed E-state index contributed by atoms with van der Waals surface area (Å²) >= 11 is 0. The van der Waals surface area contributed by atoms with Crippen LogP contribution in [0.3, 0.4) is 0 Å². The Kier molecular flexibility index (Phi) is 5.26. The molecule has 0 bridgehead atoms. The molecule has 2 unspecified atom stereocenters. The van der Waals surface area contributed by atoms with Crippen molar-refractivity contribution in [2.75, 3.05) is 23.3 Å². The molecule has 120 valence electrons. The van der Waals surface area contributed by atoms with Gasteiger partial charge in [-0.3, -0.25) is 9.69 Å². The highest BCUT2D eigenvalue weighted by molar-refractivity contribution is 5.96. The monoisotopic (exact) mass is 324 g/mol. The Morgan fingerprint density at radius 3 is 2.82 bits per heavy atom. The number of nitrogens with one attached hydrogen (secondary N) is 2. The van der Waals surface area contributed by atoms with Crippen LogP contribution >= 0.6 is 12.4 Å². The molecule has 1 aliphatic heterocycles. The highest BCUT2D eigenvalue weighted by atomic mass is 35.5. The lowest BCUT2D eigenvalue weighted by molar-refractivity contribution is -0.120. The molecule has 2 atom stereocenters. The zero-order valence-electron chi connectivity index (χ0n) is 12.2. The molecule has 0 radical (unpaired) electrons. The number of hydrogen-bond acceptors (Lipinski definition) is 3. The van der Waals surface area contributed by atoms with Gasteiger partial charge in [0.15, 0.2) is 0 Å². The maximum Gasteiger partial charge on any atom is 0.321 e. The third-order valence-corrected chi connectivity index (χ3v) is 4.19. The van der Waals surface area contributed by atoms with Gasteiger partial charge in [-0.05, 0) is 31.0 Å². The number of amides is 3. The number of carbonyl (C=O) groups excluding carboxylic acids is 2. The zero-order chi connectivity index (χ0) is 14.8.